The van der Waals surface area contributed by atoms with Crippen LogP contribution in [-0.4, -0.2) is 44.2 Å². The molecule has 2 aromatic carbocycles. The average Bonchev–Trinajstić information content (AvgIpc) is 2.84. The van der Waals surface area contributed by atoms with Gasteiger partial charge in [-0.2, -0.15) is 0 Å². The number of nitrogens with one attached hydrogen (secondary N) is 1. The number of carbonyl (C=O) groups excluding carboxylic acids is 1. The molecule has 1 N–H and O–H groups in total. The molecule has 1 saturated heterocycles. The predicted molar refractivity (Wildman–Crippen MR) is 129 cm³/mol. The molecule has 1 aliphatic heterocycles. The fourth-order valence-corrected chi connectivity index (χ4v) is 5.31. The highest BCUT2D eigenvalue weighted by molar-refractivity contribution is 5.95. The van der Waals surface area contributed by atoms with Crippen LogP contribution in [0.1, 0.15) is 61.6 Å². The molecular formula is C27H36N2O3. The Morgan fingerprint density at radius 2 is 1.75 bits per heavy atom. The van der Waals surface area contributed by atoms with Gasteiger partial charge in [0.15, 0.2) is 0 Å². The third-order valence-electron chi connectivity index (χ3n) is 7.12. The van der Waals surface area contributed by atoms with Crippen molar-refractivity contribution in [2.45, 2.75) is 63.8 Å². The minimum absolute atomic E-state index is 0.0751. The number of hydrogen-bond acceptors (Lipinski definition) is 4. The van der Waals surface area contributed by atoms with E-state index in [2.05, 4.69) is 35.3 Å². The summed E-state index contributed by atoms with van der Waals surface area (Å²) in [6, 6.07) is 12.4. The van der Waals surface area contributed by atoms with Crippen LogP contribution >= 0.6 is 0 Å². The van der Waals surface area contributed by atoms with Gasteiger partial charge in [0.05, 0.1) is 20.3 Å². The molecule has 1 heterocycles. The topological polar surface area (TPSA) is 50.8 Å². The van der Waals surface area contributed by atoms with E-state index in [0.29, 0.717) is 5.92 Å². The molecule has 172 valence electrons. The van der Waals surface area contributed by atoms with Gasteiger partial charge < -0.3 is 14.8 Å². The highest BCUT2D eigenvalue weighted by atomic mass is 16.5. The number of hydrogen-bond donors (Lipinski definition) is 1. The van der Waals surface area contributed by atoms with Crippen molar-refractivity contribution in [3.8, 4) is 11.5 Å². The summed E-state index contributed by atoms with van der Waals surface area (Å²) in [6.07, 6.45) is 7.49. The van der Waals surface area contributed by atoms with Crippen molar-refractivity contribution in [1.29, 1.82) is 0 Å². The Hall–Kier alpha value is -2.53. The second kappa shape index (κ2) is 10.4. The van der Waals surface area contributed by atoms with Crippen LogP contribution in [0.3, 0.4) is 0 Å². The van der Waals surface area contributed by atoms with E-state index in [-0.39, 0.29) is 11.9 Å². The zero-order chi connectivity index (χ0) is 22.5. The highest BCUT2D eigenvalue weighted by Gasteiger charge is 2.28. The Morgan fingerprint density at radius 1 is 1.03 bits per heavy atom. The van der Waals surface area contributed by atoms with Gasteiger partial charge in [-0.25, -0.2) is 0 Å². The molecule has 4 rings (SSSR count). The molecule has 0 radical (unpaired) electrons. The smallest absolute Gasteiger partial charge is 0.241 e. The normalized spacial score (nSPS) is 19.7. The summed E-state index contributed by atoms with van der Waals surface area (Å²) in [5, 5.41) is 3.29. The minimum atomic E-state index is -0.0751. The number of benzene rings is 2. The molecule has 0 spiro atoms. The van der Waals surface area contributed by atoms with Gasteiger partial charge in [0, 0.05) is 11.8 Å². The number of likely N-dealkylation sites (tertiary alicyclic amines) is 1. The SMILES string of the molecule is CCC(C(=O)Nc1cc(OC)ccc1C1CCc2cc(OC)ccc2C1)N1CCCCC1. The van der Waals surface area contributed by atoms with Crippen LogP contribution in [0, 0.1) is 0 Å². The van der Waals surface area contributed by atoms with Gasteiger partial charge in [0.25, 0.3) is 0 Å². The molecule has 0 saturated carbocycles. The summed E-state index contributed by atoms with van der Waals surface area (Å²) in [4.78, 5) is 15.7. The number of amides is 1. The van der Waals surface area contributed by atoms with Crippen LogP contribution in [0.25, 0.3) is 0 Å². The Bertz CT molecular complexity index is 936. The fraction of sp³-hybridized carbons (Fsp3) is 0.519. The summed E-state index contributed by atoms with van der Waals surface area (Å²) in [6.45, 7) is 4.14. The maximum Gasteiger partial charge on any atom is 0.241 e. The molecule has 5 heteroatoms. The lowest BCUT2D eigenvalue weighted by Gasteiger charge is -2.33. The molecular weight excluding hydrogens is 400 g/mol. The Morgan fingerprint density at radius 3 is 2.47 bits per heavy atom. The lowest BCUT2D eigenvalue weighted by molar-refractivity contribution is -0.121. The second-order valence-electron chi connectivity index (χ2n) is 9.04. The van der Waals surface area contributed by atoms with Crippen LogP contribution in [0.4, 0.5) is 5.69 Å². The lowest BCUT2D eigenvalue weighted by Crippen LogP contribution is -2.46. The number of rotatable bonds is 7. The van der Waals surface area contributed by atoms with E-state index in [1.807, 2.05) is 18.2 Å². The Labute approximate surface area is 192 Å². The average molecular weight is 437 g/mol. The maximum absolute atomic E-state index is 13.3. The maximum atomic E-state index is 13.3. The van der Waals surface area contributed by atoms with E-state index >= 15 is 0 Å². The standard InChI is InChI=1S/C27H36N2O3/c1-4-26(29-14-6-5-7-15-29)27(30)28-25-18-23(32-3)12-13-24(25)21-9-8-20-17-22(31-2)11-10-19(20)16-21/h10-13,17-18,21,26H,4-9,14-16H2,1-3H3,(H,28,30). The number of ether oxygens (including phenoxy) is 2. The van der Waals surface area contributed by atoms with Crippen molar-refractivity contribution in [2.75, 3.05) is 32.6 Å². The van der Waals surface area contributed by atoms with Gasteiger partial charge in [-0.3, -0.25) is 9.69 Å². The summed E-state index contributed by atoms with van der Waals surface area (Å²) >= 11 is 0. The Balaban J connectivity index is 1.56. The van der Waals surface area contributed by atoms with Crippen LogP contribution in [0.2, 0.25) is 0 Å². The molecule has 0 bridgehead atoms. The van der Waals surface area contributed by atoms with Crippen LogP contribution in [-0.2, 0) is 17.6 Å². The third kappa shape index (κ3) is 4.93. The quantitative estimate of drug-likeness (QED) is 0.650. The van der Waals surface area contributed by atoms with E-state index in [4.69, 9.17) is 9.47 Å². The third-order valence-corrected chi connectivity index (χ3v) is 7.12. The van der Waals surface area contributed by atoms with Crippen molar-refractivity contribution in [1.82, 2.24) is 4.90 Å². The first-order valence-electron chi connectivity index (χ1n) is 12.0. The molecule has 1 amide bonds. The van der Waals surface area contributed by atoms with E-state index in [1.165, 1.54) is 36.0 Å². The zero-order valence-electron chi connectivity index (χ0n) is 19.7. The zero-order valence-corrected chi connectivity index (χ0v) is 19.7. The molecule has 2 aliphatic rings. The fourth-order valence-electron chi connectivity index (χ4n) is 5.31. The molecule has 32 heavy (non-hydrogen) atoms. The van der Waals surface area contributed by atoms with Crippen LogP contribution < -0.4 is 14.8 Å². The van der Waals surface area contributed by atoms with Gasteiger partial charge in [-0.15, -0.1) is 0 Å². The number of fused-ring (bicyclic) bond motifs is 1. The van der Waals surface area contributed by atoms with Crippen molar-refractivity contribution >= 4 is 11.6 Å². The number of piperidine rings is 1. The predicted octanol–water partition coefficient (Wildman–Crippen LogP) is 5.18. The van der Waals surface area contributed by atoms with Crippen LogP contribution in [0.15, 0.2) is 36.4 Å². The van der Waals surface area contributed by atoms with Gasteiger partial charge in [-0.05, 0) is 92.4 Å². The van der Waals surface area contributed by atoms with Gasteiger partial charge in [0.2, 0.25) is 5.91 Å². The number of nitrogens with zero attached hydrogens (tertiary/aromatic N) is 1. The molecule has 5 nitrogen and oxygen atoms in total. The van der Waals surface area contributed by atoms with E-state index in [0.717, 1.165) is 56.0 Å². The highest BCUT2D eigenvalue weighted by Crippen LogP contribution is 2.38. The number of aryl methyl sites for hydroxylation is 1. The summed E-state index contributed by atoms with van der Waals surface area (Å²) in [7, 11) is 3.39. The molecule has 1 aliphatic carbocycles. The minimum Gasteiger partial charge on any atom is -0.497 e. The van der Waals surface area contributed by atoms with Gasteiger partial charge in [-0.1, -0.05) is 25.5 Å². The van der Waals surface area contributed by atoms with E-state index < -0.39 is 0 Å². The molecule has 2 unspecified atom stereocenters. The molecule has 2 atom stereocenters. The summed E-state index contributed by atoms with van der Waals surface area (Å²) in [5.74, 6) is 2.16. The summed E-state index contributed by atoms with van der Waals surface area (Å²) < 4.78 is 10.9. The van der Waals surface area contributed by atoms with Crippen molar-refractivity contribution in [2.24, 2.45) is 0 Å². The number of carbonyl (C=O) groups is 1. The first kappa shape index (κ1) is 22.7. The molecule has 0 aromatic heterocycles. The van der Waals surface area contributed by atoms with Crippen LogP contribution in [0.5, 0.6) is 11.5 Å². The Kier molecular flexibility index (Phi) is 7.36. The number of anilines is 1. The van der Waals surface area contributed by atoms with Crippen molar-refractivity contribution < 1.29 is 14.3 Å². The first-order chi connectivity index (χ1) is 15.6. The van der Waals surface area contributed by atoms with Gasteiger partial charge in [0.1, 0.15) is 11.5 Å². The monoisotopic (exact) mass is 436 g/mol. The first-order valence-corrected chi connectivity index (χ1v) is 12.0. The van der Waals surface area contributed by atoms with Crippen molar-refractivity contribution in [3.05, 3.63) is 53.1 Å². The number of methoxy groups -OCH3 is 2. The van der Waals surface area contributed by atoms with Gasteiger partial charge >= 0.3 is 0 Å². The lowest BCUT2D eigenvalue weighted by atomic mass is 9.79. The molecule has 2 aromatic rings. The molecule has 1 fully saturated rings. The van der Waals surface area contributed by atoms with E-state index in [1.54, 1.807) is 14.2 Å². The summed E-state index contributed by atoms with van der Waals surface area (Å²) in [5.41, 5.74) is 4.84. The largest absolute Gasteiger partial charge is 0.497 e. The van der Waals surface area contributed by atoms with Crippen molar-refractivity contribution in [3.63, 3.8) is 0 Å². The second-order valence-corrected chi connectivity index (χ2v) is 9.04. The van der Waals surface area contributed by atoms with E-state index in [9.17, 15) is 4.79 Å².